The largest absolute Gasteiger partial charge is 0.498 e. The molecule has 1 N–H and O–H groups in total. The Morgan fingerprint density at radius 3 is 2.05 bits per heavy atom. The summed E-state index contributed by atoms with van der Waals surface area (Å²) in [5.74, 6) is 3.71. The van der Waals surface area contributed by atoms with Crippen LogP contribution in [0.25, 0.3) is 0 Å². The van der Waals surface area contributed by atoms with Crippen LogP contribution >= 0.6 is 0 Å². The van der Waals surface area contributed by atoms with Gasteiger partial charge in [0, 0.05) is 0 Å². The van der Waals surface area contributed by atoms with Crippen LogP contribution < -0.4 is 4.74 Å². The van der Waals surface area contributed by atoms with E-state index in [-0.39, 0.29) is 0 Å². The average Bonchev–Trinajstić information content (AvgIpc) is 2.45. The normalized spacial score (nSPS) is 42.0. The second-order valence-electron chi connectivity index (χ2n) is 7.09. The molecule has 4 aliphatic carbocycles. The number of aliphatic hydroxyl groups is 1. The van der Waals surface area contributed by atoms with Crippen LogP contribution in [0.5, 0.6) is 5.75 Å². The molecule has 0 aliphatic heterocycles. The molecule has 0 radical (unpaired) electrons. The van der Waals surface area contributed by atoms with Crippen LogP contribution in [0.3, 0.4) is 0 Å². The van der Waals surface area contributed by atoms with E-state index in [9.17, 15) is 5.11 Å². The Kier molecular flexibility index (Phi) is 2.97. The maximum Gasteiger partial charge on any atom is 0.118 e. The predicted molar refractivity (Wildman–Crippen MR) is 82.8 cm³/mol. The van der Waals surface area contributed by atoms with Gasteiger partial charge in [-0.15, -0.1) is 0 Å². The summed E-state index contributed by atoms with van der Waals surface area (Å²) in [4.78, 5) is 0. The van der Waals surface area contributed by atoms with Gasteiger partial charge < -0.3 is 9.84 Å². The third-order valence-electron chi connectivity index (χ3n) is 6.01. The van der Waals surface area contributed by atoms with E-state index in [2.05, 4.69) is 12.1 Å². The summed E-state index contributed by atoms with van der Waals surface area (Å²) in [6.45, 7) is 0. The fourth-order valence-corrected chi connectivity index (χ4v) is 5.69. The smallest absolute Gasteiger partial charge is 0.118 e. The highest BCUT2D eigenvalue weighted by atomic mass is 28.1. The summed E-state index contributed by atoms with van der Waals surface area (Å²) in [7, 11) is 1.06. The van der Waals surface area contributed by atoms with Gasteiger partial charge in [0.2, 0.25) is 0 Å². The molecule has 0 spiro atoms. The van der Waals surface area contributed by atoms with Crippen molar-refractivity contribution in [1.29, 1.82) is 0 Å². The zero-order valence-electron chi connectivity index (χ0n) is 12.2. The molecule has 4 bridgehead atoms. The summed E-state index contributed by atoms with van der Waals surface area (Å²) in [6.07, 6.45) is 7.21. The highest BCUT2D eigenvalue weighted by molar-refractivity contribution is 6.08. The van der Waals surface area contributed by atoms with Crippen molar-refractivity contribution in [2.45, 2.75) is 37.7 Å². The van der Waals surface area contributed by atoms with Gasteiger partial charge in [0.05, 0.1) is 22.1 Å². The molecule has 0 amide bonds. The van der Waals surface area contributed by atoms with E-state index in [1.807, 2.05) is 12.1 Å². The van der Waals surface area contributed by atoms with Crippen LogP contribution in [0.1, 0.15) is 37.7 Å². The molecule has 20 heavy (non-hydrogen) atoms. The molecule has 2 nitrogen and oxygen atoms in total. The lowest BCUT2D eigenvalue weighted by Gasteiger charge is -2.59. The topological polar surface area (TPSA) is 29.5 Å². The Morgan fingerprint density at radius 1 is 1.00 bits per heavy atom. The first-order chi connectivity index (χ1) is 9.70. The Labute approximate surface area is 124 Å². The third-order valence-corrected chi connectivity index (χ3v) is 6.30. The predicted octanol–water partition coefficient (Wildman–Crippen LogP) is 2.03. The lowest BCUT2D eigenvalue weighted by molar-refractivity contribution is -0.179. The first kappa shape index (κ1) is 12.9. The molecule has 1 aromatic rings. The van der Waals surface area contributed by atoms with Gasteiger partial charge in [0.1, 0.15) is 5.75 Å². The van der Waals surface area contributed by atoms with Crippen LogP contribution in [0.2, 0.25) is 0 Å². The third kappa shape index (κ3) is 1.79. The molecule has 0 unspecified atom stereocenters. The maximum absolute atomic E-state index is 11.4. The first-order valence-corrected chi connectivity index (χ1v) is 9.57. The molecule has 4 fully saturated rings. The zero-order valence-corrected chi connectivity index (χ0v) is 14.2. The highest BCUT2D eigenvalue weighted by Crippen LogP contribution is 2.61. The minimum atomic E-state index is -0.563. The molecular weight excluding hydrogens is 264 g/mol. The van der Waals surface area contributed by atoms with E-state index >= 15 is 0 Å². The van der Waals surface area contributed by atoms with Gasteiger partial charge in [-0.3, -0.25) is 0 Å². The van der Waals surface area contributed by atoms with Gasteiger partial charge in [-0.1, -0.05) is 12.1 Å². The van der Waals surface area contributed by atoms with E-state index in [0.717, 1.165) is 39.6 Å². The van der Waals surface area contributed by atoms with Crippen LogP contribution in [0, 0.1) is 23.7 Å². The average molecular weight is 288 g/mol. The number of benzene rings is 1. The Bertz CT molecular complexity index is 468. The van der Waals surface area contributed by atoms with Gasteiger partial charge in [-0.05, 0) is 73.5 Å². The molecule has 0 atom stereocenters. The van der Waals surface area contributed by atoms with Crippen molar-refractivity contribution in [2.75, 3.05) is 6.23 Å². The van der Waals surface area contributed by atoms with E-state index < -0.39 is 5.60 Å². The molecule has 0 aromatic heterocycles. The van der Waals surface area contributed by atoms with Gasteiger partial charge in [-0.25, -0.2) is 0 Å². The zero-order chi connectivity index (χ0) is 13.7. The quantitative estimate of drug-likeness (QED) is 0.863. The molecular formula is C17H24O2Si. The van der Waals surface area contributed by atoms with Crippen molar-refractivity contribution in [3.8, 4) is 5.75 Å². The molecule has 108 valence electrons. The lowest BCUT2D eigenvalue weighted by atomic mass is 9.48. The monoisotopic (exact) mass is 288 g/mol. The summed E-state index contributed by atoms with van der Waals surface area (Å²) in [6, 6.07) is 8.29. The molecule has 5 rings (SSSR count). The lowest BCUT2D eigenvalue weighted by Crippen LogP contribution is -2.55. The summed E-state index contributed by atoms with van der Waals surface area (Å²) >= 11 is 0. The fraction of sp³-hybridized carbons (Fsp3) is 0.647. The second-order valence-corrected chi connectivity index (χ2v) is 7.66. The molecule has 0 heterocycles. The van der Waals surface area contributed by atoms with Crippen molar-refractivity contribution in [2.24, 2.45) is 23.7 Å². The van der Waals surface area contributed by atoms with Crippen molar-refractivity contribution < 1.29 is 9.84 Å². The van der Waals surface area contributed by atoms with Crippen molar-refractivity contribution in [3.05, 3.63) is 29.8 Å². The van der Waals surface area contributed by atoms with Crippen molar-refractivity contribution in [3.63, 3.8) is 0 Å². The van der Waals surface area contributed by atoms with E-state index in [1.165, 1.54) is 32.1 Å². The van der Waals surface area contributed by atoms with E-state index in [1.54, 1.807) is 0 Å². The number of hydrogen-bond donors (Lipinski definition) is 1. The molecule has 0 saturated heterocycles. The van der Waals surface area contributed by atoms with Gasteiger partial charge in [0.15, 0.2) is 0 Å². The van der Waals surface area contributed by atoms with Crippen LogP contribution in [0.4, 0.5) is 0 Å². The van der Waals surface area contributed by atoms with Crippen LogP contribution in [0.15, 0.2) is 24.3 Å². The molecule has 3 heteroatoms. The minimum absolute atomic E-state index is 0.490. The summed E-state index contributed by atoms with van der Waals surface area (Å²) in [5, 5.41) is 11.4. The Balaban J connectivity index is 1.66. The van der Waals surface area contributed by atoms with Gasteiger partial charge in [-0.2, -0.15) is 0 Å². The molecule has 1 aromatic carbocycles. The summed E-state index contributed by atoms with van der Waals surface area (Å²) < 4.78 is 5.58. The minimum Gasteiger partial charge on any atom is -0.498 e. The van der Waals surface area contributed by atoms with Crippen molar-refractivity contribution >= 4 is 10.2 Å². The van der Waals surface area contributed by atoms with E-state index in [0.29, 0.717) is 11.8 Å². The van der Waals surface area contributed by atoms with Crippen molar-refractivity contribution in [1.82, 2.24) is 0 Å². The van der Waals surface area contributed by atoms with Gasteiger partial charge in [0.25, 0.3) is 0 Å². The van der Waals surface area contributed by atoms with E-state index in [4.69, 9.17) is 4.74 Å². The number of ether oxygens (including phenoxy) is 1. The van der Waals surface area contributed by atoms with Crippen LogP contribution in [-0.2, 0) is 5.60 Å². The first-order valence-electron chi connectivity index (χ1n) is 8.15. The van der Waals surface area contributed by atoms with Gasteiger partial charge >= 0.3 is 0 Å². The molecule has 4 aliphatic rings. The Hall–Kier alpha value is -0.803. The fourth-order valence-electron chi connectivity index (χ4n) is 5.36. The highest BCUT2D eigenvalue weighted by Gasteiger charge is 2.57. The Morgan fingerprint density at radius 2 is 1.55 bits per heavy atom. The SMILES string of the molecule is OC1(c2ccc(OC[SiH3])cc2)C2CC3CC(C2)CC1C3. The number of hydrogen-bond acceptors (Lipinski definition) is 2. The summed E-state index contributed by atoms with van der Waals surface area (Å²) in [5.41, 5.74) is 0.569. The maximum atomic E-state index is 11.4. The number of rotatable bonds is 3. The second kappa shape index (κ2) is 4.60. The molecule has 4 saturated carbocycles. The standard InChI is InChI=1S/C17H24O2Si/c18-17(13-1-3-16(4-2-13)19-10-20)14-6-11-5-12(8-14)9-15(17)7-11/h1-4,11-12,14-15,18H,5-10H2,20H3. The van der Waals surface area contributed by atoms with Crippen LogP contribution in [-0.4, -0.2) is 21.6 Å².